The number of ether oxygens (including phenoxy) is 2. The van der Waals surface area contributed by atoms with E-state index in [1.807, 2.05) is 30.3 Å². The molecule has 0 saturated carbocycles. The van der Waals surface area contributed by atoms with Gasteiger partial charge < -0.3 is 19.5 Å². The van der Waals surface area contributed by atoms with Crippen LogP contribution in [-0.4, -0.2) is 79.4 Å². The Morgan fingerprint density at radius 2 is 1.84 bits per heavy atom. The average molecular weight is 447 g/mol. The van der Waals surface area contributed by atoms with Crippen molar-refractivity contribution in [2.45, 2.75) is 41.9 Å². The molecular weight excluding hydrogens is 420 g/mol. The number of epoxide rings is 1. The van der Waals surface area contributed by atoms with Crippen molar-refractivity contribution in [2.24, 2.45) is 0 Å². The summed E-state index contributed by atoms with van der Waals surface area (Å²) in [4.78, 5) is 13.4. The number of carboxylic acid groups (broad SMARTS) is 1. The van der Waals surface area contributed by atoms with E-state index in [4.69, 9.17) is 9.47 Å². The third-order valence-electron chi connectivity index (χ3n) is 6.67. The van der Waals surface area contributed by atoms with Crippen molar-refractivity contribution in [3.63, 3.8) is 0 Å². The summed E-state index contributed by atoms with van der Waals surface area (Å²) < 4.78 is 39.2. The van der Waals surface area contributed by atoms with Gasteiger partial charge in [0.05, 0.1) is 42.4 Å². The van der Waals surface area contributed by atoms with Crippen molar-refractivity contribution in [3.8, 4) is 0 Å². The zero-order valence-electron chi connectivity index (χ0n) is 17.1. The first-order valence-electron chi connectivity index (χ1n) is 10.6. The Morgan fingerprint density at radius 1 is 1.13 bits per heavy atom. The molecule has 0 bridgehead atoms. The van der Waals surface area contributed by atoms with E-state index in [0.29, 0.717) is 57.0 Å². The van der Waals surface area contributed by atoms with E-state index >= 15 is 0 Å². The van der Waals surface area contributed by atoms with Gasteiger partial charge in [-0.2, -0.15) is 4.31 Å². The van der Waals surface area contributed by atoms with Crippen LogP contribution in [0.1, 0.15) is 19.3 Å². The molecule has 31 heavy (non-hydrogen) atoms. The molecule has 1 unspecified atom stereocenters. The van der Waals surface area contributed by atoms with Crippen molar-refractivity contribution < 1.29 is 27.8 Å². The monoisotopic (exact) mass is 446 g/mol. The SMILES string of the molecule is O=C(O)N(C[C@H]1CO1)C1COC2(CCN(S(=O)(=O)c3ccc4ccccc4c3)CC2)C1. The van der Waals surface area contributed by atoms with E-state index in [1.165, 1.54) is 9.21 Å². The molecule has 3 aliphatic heterocycles. The molecule has 0 aliphatic carbocycles. The quantitative estimate of drug-likeness (QED) is 0.709. The summed E-state index contributed by atoms with van der Waals surface area (Å²) in [6, 6.07) is 12.7. The molecule has 3 saturated heterocycles. The van der Waals surface area contributed by atoms with E-state index in [0.717, 1.165) is 10.8 Å². The van der Waals surface area contributed by atoms with Crippen LogP contribution in [0.2, 0.25) is 0 Å². The molecule has 3 heterocycles. The van der Waals surface area contributed by atoms with Crippen molar-refractivity contribution >= 4 is 26.9 Å². The standard InChI is InChI=1S/C22H26N2O6S/c25-21(26)24(13-19-15-29-19)18-12-22(30-14-18)7-9-23(10-8-22)31(27,28)20-6-5-16-3-1-2-4-17(16)11-20/h1-6,11,18-19H,7-10,12-15H2,(H,25,26)/t18?,19-/m0/s1. The first kappa shape index (κ1) is 20.7. The van der Waals surface area contributed by atoms with Crippen LogP contribution in [-0.2, 0) is 19.5 Å². The molecule has 2 aromatic carbocycles. The Bertz CT molecular complexity index is 1090. The minimum atomic E-state index is -3.59. The smallest absolute Gasteiger partial charge is 0.407 e. The van der Waals surface area contributed by atoms with Gasteiger partial charge in [0.25, 0.3) is 0 Å². The Balaban J connectivity index is 1.26. The number of hydrogen-bond acceptors (Lipinski definition) is 5. The lowest BCUT2D eigenvalue weighted by atomic mass is 9.88. The van der Waals surface area contributed by atoms with Gasteiger partial charge in [-0.3, -0.25) is 0 Å². The Hall–Kier alpha value is -2.20. The van der Waals surface area contributed by atoms with Gasteiger partial charge in [-0.1, -0.05) is 30.3 Å². The number of benzene rings is 2. The maximum absolute atomic E-state index is 13.2. The average Bonchev–Trinajstić information content (AvgIpc) is 3.51. The molecule has 9 heteroatoms. The Labute approximate surface area is 181 Å². The zero-order chi connectivity index (χ0) is 21.6. The van der Waals surface area contributed by atoms with Crippen molar-refractivity contribution in [1.82, 2.24) is 9.21 Å². The maximum atomic E-state index is 13.2. The fourth-order valence-electron chi connectivity index (χ4n) is 4.76. The number of fused-ring (bicyclic) bond motifs is 1. The molecule has 2 atom stereocenters. The molecule has 2 aromatic rings. The highest BCUT2D eigenvalue weighted by atomic mass is 32.2. The molecule has 0 radical (unpaired) electrons. The van der Waals surface area contributed by atoms with Gasteiger partial charge in [0, 0.05) is 13.1 Å². The number of piperidine rings is 1. The largest absolute Gasteiger partial charge is 0.465 e. The summed E-state index contributed by atoms with van der Waals surface area (Å²) in [5.41, 5.74) is -0.460. The number of nitrogens with zero attached hydrogens (tertiary/aromatic N) is 2. The summed E-state index contributed by atoms with van der Waals surface area (Å²) in [7, 11) is -3.59. The van der Waals surface area contributed by atoms with Gasteiger partial charge in [-0.05, 0) is 42.2 Å². The second-order valence-corrected chi connectivity index (χ2v) is 10.6. The molecule has 3 fully saturated rings. The third-order valence-corrected chi connectivity index (χ3v) is 8.57. The second-order valence-electron chi connectivity index (χ2n) is 8.66. The third kappa shape index (κ3) is 4.03. The van der Waals surface area contributed by atoms with Gasteiger partial charge in [0.2, 0.25) is 10.0 Å². The Morgan fingerprint density at radius 3 is 2.52 bits per heavy atom. The molecule has 166 valence electrons. The molecule has 8 nitrogen and oxygen atoms in total. The van der Waals surface area contributed by atoms with Crippen LogP contribution < -0.4 is 0 Å². The first-order valence-corrected chi connectivity index (χ1v) is 12.0. The Kier molecular flexibility index (Phi) is 5.16. The summed E-state index contributed by atoms with van der Waals surface area (Å²) in [6.07, 6.45) is 0.738. The van der Waals surface area contributed by atoms with Crippen LogP contribution in [0.5, 0.6) is 0 Å². The fraction of sp³-hybridized carbons (Fsp3) is 0.500. The predicted octanol–water partition coefficient (Wildman–Crippen LogP) is 2.53. The van der Waals surface area contributed by atoms with Gasteiger partial charge in [0.1, 0.15) is 0 Å². The molecular formula is C22H26N2O6S. The summed E-state index contributed by atoms with van der Waals surface area (Å²) in [6.45, 7) is 2.03. The number of carbonyl (C=O) groups is 1. The lowest BCUT2D eigenvalue weighted by Crippen LogP contribution is -2.47. The van der Waals surface area contributed by atoms with Crippen molar-refractivity contribution in [3.05, 3.63) is 42.5 Å². The fourth-order valence-corrected chi connectivity index (χ4v) is 6.23. The minimum Gasteiger partial charge on any atom is -0.465 e. The molecule has 1 amide bonds. The molecule has 0 aromatic heterocycles. The zero-order valence-corrected chi connectivity index (χ0v) is 18.0. The topological polar surface area (TPSA) is 99.7 Å². The van der Waals surface area contributed by atoms with Crippen LogP contribution in [0.25, 0.3) is 10.8 Å². The predicted molar refractivity (Wildman–Crippen MR) is 113 cm³/mol. The van der Waals surface area contributed by atoms with E-state index in [2.05, 4.69) is 0 Å². The summed E-state index contributed by atoms with van der Waals surface area (Å²) in [5, 5.41) is 11.5. The van der Waals surface area contributed by atoms with Crippen LogP contribution in [0.4, 0.5) is 4.79 Å². The van der Waals surface area contributed by atoms with Crippen LogP contribution >= 0.6 is 0 Å². The second kappa shape index (κ2) is 7.74. The first-order chi connectivity index (χ1) is 14.9. The van der Waals surface area contributed by atoms with E-state index in [1.54, 1.807) is 12.1 Å². The molecule has 5 rings (SSSR count). The van der Waals surface area contributed by atoms with E-state index < -0.39 is 21.7 Å². The van der Waals surface area contributed by atoms with Crippen molar-refractivity contribution in [1.29, 1.82) is 0 Å². The number of hydrogen-bond donors (Lipinski definition) is 1. The maximum Gasteiger partial charge on any atom is 0.407 e. The summed E-state index contributed by atoms with van der Waals surface area (Å²) >= 11 is 0. The molecule has 1 spiro atoms. The van der Waals surface area contributed by atoms with Crippen LogP contribution in [0, 0.1) is 0 Å². The highest BCUT2D eigenvalue weighted by Crippen LogP contribution is 2.39. The summed E-state index contributed by atoms with van der Waals surface area (Å²) in [5.74, 6) is 0. The molecule has 1 N–H and O–H groups in total. The minimum absolute atomic E-state index is 0.0124. The van der Waals surface area contributed by atoms with Crippen LogP contribution in [0.15, 0.2) is 47.4 Å². The number of rotatable bonds is 5. The van der Waals surface area contributed by atoms with Gasteiger partial charge >= 0.3 is 6.09 Å². The lowest BCUT2D eigenvalue weighted by molar-refractivity contribution is -0.0317. The number of amides is 1. The van der Waals surface area contributed by atoms with Crippen LogP contribution in [0.3, 0.4) is 0 Å². The van der Waals surface area contributed by atoms with Gasteiger partial charge in [0.15, 0.2) is 0 Å². The lowest BCUT2D eigenvalue weighted by Gasteiger charge is -2.38. The highest BCUT2D eigenvalue weighted by molar-refractivity contribution is 7.89. The van der Waals surface area contributed by atoms with Gasteiger partial charge in [-0.25, -0.2) is 13.2 Å². The van der Waals surface area contributed by atoms with Crippen molar-refractivity contribution in [2.75, 3.05) is 32.8 Å². The van der Waals surface area contributed by atoms with E-state index in [-0.39, 0.29) is 12.1 Å². The van der Waals surface area contributed by atoms with Gasteiger partial charge in [-0.15, -0.1) is 0 Å². The highest BCUT2D eigenvalue weighted by Gasteiger charge is 2.47. The van der Waals surface area contributed by atoms with E-state index in [9.17, 15) is 18.3 Å². The molecule has 3 aliphatic rings. The normalized spacial score (nSPS) is 25.7. The number of sulfonamides is 1.